The van der Waals surface area contributed by atoms with Gasteiger partial charge in [0.25, 0.3) is 0 Å². The molecule has 1 rings (SSSR count). The van der Waals surface area contributed by atoms with Crippen LogP contribution in [-0.2, 0) is 11.2 Å². The normalized spacial score (nSPS) is 11.1. The lowest BCUT2D eigenvalue weighted by Crippen LogP contribution is -2.03. The molecule has 0 unspecified atom stereocenters. The van der Waals surface area contributed by atoms with Crippen molar-refractivity contribution in [1.29, 1.82) is 0 Å². The lowest BCUT2D eigenvalue weighted by Gasteiger charge is -2.07. The predicted octanol–water partition coefficient (Wildman–Crippen LogP) is 7.45. The fourth-order valence-corrected chi connectivity index (χ4v) is 3.59. The van der Waals surface area contributed by atoms with E-state index in [1.807, 2.05) is 24.3 Å². The zero-order valence-electron chi connectivity index (χ0n) is 18.3. The average molecular weight is 390 g/mol. The van der Waals surface area contributed by atoms with E-state index in [1.54, 1.807) is 0 Å². The summed E-state index contributed by atoms with van der Waals surface area (Å²) in [6.45, 7) is 5.63. The summed E-state index contributed by atoms with van der Waals surface area (Å²) in [5.41, 5.74) is 1.93. The molecule has 160 valence electrons. The highest BCUT2D eigenvalue weighted by atomic mass is 16.4. The van der Waals surface area contributed by atoms with Crippen molar-refractivity contribution < 1.29 is 9.90 Å². The van der Waals surface area contributed by atoms with Gasteiger partial charge in [-0.05, 0) is 30.0 Å². The minimum atomic E-state index is -0.780. The molecule has 0 heterocycles. The Morgan fingerprint density at radius 2 is 1.25 bits per heavy atom. The lowest BCUT2D eigenvalue weighted by molar-refractivity contribution is -0.136. The fraction of sp³-hybridized carbons (Fsp3) is 0.720. The van der Waals surface area contributed by atoms with Crippen LogP contribution in [0.5, 0.6) is 0 Å². The molecule has 0 saturated carbocycles. The van der Waals surface area contributed by atoms with Crippen LogP contribution in [0, 0.1) is 5.92 Å². The van der Waals surface area contributed by atoms with Crippen molar-refractivity contribution in [3.8, 4) is 0 Å². The van der Waals surface area contributed by atoms with Crippen LogP contribution in [0.4, 0.5) is 5.69 Å². The molecule has 1 aromatic rings. The first-order valence-corrected chi connectivity index (χ1v) is 11.6. The van der Waals surface area contributed by atoms with E-state index in [-0.39, 0.29) is 6.42 Å². The summed E-state index contributed by atoms with van der Waals surface area (Å²) in [7, 11) is 0. The second-order valence-electron chi connectivity index (χ2n) is 8.62. The molecular formula is C25H43NO2. The zero-order chi connectivity index (χ0) is 20.5. The molecule has 28 heavy (non-hydrogen) atoms. The van der Waals surface area contributed by atoms with E-state index in [0.717, 1.165) is 23.7 Å². The number of rotatable bonds is 18. The molecule has 0 aliphatic rings. The maximum Gasteiger partial charge on any atom is 0.307 e. The number of anilines is 1. The predicted molar refractivity (Wildman–Crippen MR) is 121 cm³/mol. The van der Waals surface area contributed by atoms with E-state index in [9.17, 15) is 4.79 Å². The van der Waals surface area contributed by atoms with Gasteiger partial charge in [-0.15, -0.1) is 0 Å². The van der Waals surface area contributed by atoms with E-state index >= 15 is 0 Å². The van der Waals surface area contributed by atoms with Gasteiger partial charge in [-0.2, -0.15) is 0 Å². The summed E-state index contributed by atoms with van der Waals surface area (Å²) >= 11 is 0. The molecule has 2 N–H and O–H groups in total. The quantitative estimate of drug-likeness (QED) is 0.256. The zero-order valence-corrected chi connectivity index (χ0v) is 18.3. The third kappa shape index (κ3) is 14.5. The Morgan fingerprint density at radius 3 is 1.71 bits per heavy atom. The maximum atomic E-state index is 10.7. The molecule has 0 amide bonds. The Kier molecular flexibility index (Phi) is 14.4. The highest BCUT2D eigenvalue weighted by Gasteiger charge is 2.00. The molecule has 0 aliphatic carbocycles. The van der Waals surface area contributed by atoms with Gasteiger partial charge in [0.2, 0.25) is 0 Å². The smallest absolute Gasteiger partial charge is 0.307 e. The van der Waals surface area contributed by atoms with Gasteiger partial charge in [0.1, 0.15) is 0 Å². The molecule has 0 radical (unpaired) electrons. The Bertz CT molecular complexity index is 496. The van der Waals surface area contributed by atoms with Gasteiger partial charge in [-0.1, -0.05) is 103 Å². The number of unbranched alkanes of at least 4 members (excludes halogenated alkanes) is 11. The van der Waals surface area contributed by atoms with Gasteiger partial charge >= 0.3 is 5.97 Å². The Balaban J connectivity index is 1.83. The van der Waals surface area contributed by atoms with E-state index in [0.29, 0.717) is 0 Å². The van der Waals surface area contributed by atoms with Gasteiger partial charge in [0.15, 0.2) is 0 Å². The van der Waals surface area contributed by atoms with Crippen molar-refractivity contribution in [1.82, 2.24) is 0 Å². The van der Waals surface area contributed by atoms with Gasteiger partial charge in [0.05, 0.1) is 6.42 Å². The first kappa shape index (κ1) is 24.5. The largest absolute Gasteiger partial charge is 0.481 e. The van der Waals surface area contributed by atoms with Gasteiger partial charge < -0.3 is 10.4 Å². The highest BCUT2D eigenvalue weighted by Crippen LogP contribution is 2.14. The summed E-state index contributed by atoms with van der Waals surface area (Å²) < 4.78 is 0. The molecule has 0 bridgehead atoms. The molecule has 0 fully saturated rings. The SMILES string of the molecule is CC(C)CCCCCCCCCCCCCCNc1ccc(CC(=O)O)cc1. The van der Waals surface area contributed by atoms with Crippen molar-refractivity contribution >= 4 is 11.7 Å². The maximum absolute atomic E-state index is 10.7. The Labute approximate surface area is 173 Å². The second kappa shape index (κ2) is 16.4. The Hall–Kier alpha value is -1.51. The molecule has 0 atom stereocenters. The summed E-state index contributed by atoms with van der Waals surface area (Å²) in [5.74, 6) is 0.0885. The van der Waals surface area contributed by atoms with E-state index < -0.39 is 5.97 Å². The van der Waals surface area contributed by atoms with Crippen LogP contribution in [0.1, 0.15) is 103 Å². The van der Waals surface area contributed by atoms with Gasteiger partial charge in [-0.25, -0.2) is 0 Å². The second-order valence-corrected chi connectivity index (χ2v) is 8.62. The average Bonchev–Trinajstić information content (AvgIpc) is 2.65. The minimum absolute atomic E-state index is 0.0958. The van der Waals surface area contributed by atoms with Crippen molar-refractivity contribution in [3.63, 3.8) is 0 Å². The molecule has 3 heteroatoms. The standard InChI is InChI=1S/C25H43NO2/c1-22(2)15-13-11-9-7-5-3-4-6-8-10-12-14-20-26-24-18-16-23(17-19-24)21-25(27)28/h16-19,22,26H,3-15,20-21H2,1-2H3,(H,27,28). The number of aliphatic carboxylic acids is 1. The van der Waals surface area contributed by atoms with Gasteiger partial charge in [0, 0.05) is 12.2 Å². The lowest BCUT2D eigenvalue weighted by atomic mass is 10.0. The monoisotopic (exact) mass is 389 g/mol. The number of carboxylic acids is 1. The number of carboxylic acid groups (broad SMARTS) is 1. The summed E-state index contributed by atoms with van der Waals surface area (Å²) in [6.07, 6.45) is 18.1. The summed E-state index contributed by atoms with van der Waals surface area (Å²) in [4.78, 5) is 10.7. The van der Waals surface area contributed by atoms with Crippen LogP contribution in [0.2, 0.25) is 0 Å². The molecule has 0 aromatic heterocycles. The van der Waals surface area contributed by atoms with Crippen LogP contribution >= 0.6 is 0 Å². The summed E-state index contributed by atoms with van der Waals surface area (Å²) in [5, 5.41) is 12.2. The van der Waals surface area contributed by atoms with Crippen molar-refractivity contribution in [2.45, 2.75) is 104 Å². The number of benzene rings is 1. The molecule has 1 aromatic carbocycles. The van der Waals surface area contributed by atoms with Crippen molar-refractivity contribution in [2.75, 3.05) is 11.9 Å². The topological polar surface area (TPSA) is 49.3 Å². The van der Waals surface area contributed by atoms with Crippen LogP contribution in [0.15, 0.2) is 24.3 Å². The first-order valence-electron chi connectivity index (χ1n) is 11.6. The molecule has 0 saturated heterocycles. The van der Waals surface area contributed by atoms with Crippen molar-refractivity contribution in [3.05, 3.63) is 29.8 Å². The van der Waals surface area contributed by atoms with Crippen LogP contribution in [0.3, 0.4) is 0 Å². The van der Waals surface area contributed by atoms with Crippen LogP contribution < -0.4 is 5.32 Å². The third-order valence-corrected chi connectivity index (χ3v) is 5.35. The number of hydrogen-bond acceptors (Lipinski definition) is 2. The number of carbonyl (C=O) groups is 1. The minimum Gasteiger partial charge on any atom is -0.481 e. The van der Waals surface area contributed by atoms with E-state index in [2.05, 4.69) is 19.2 Å². The number of nitrogens with one attached hydrogen (secondary N) is 1. The highest BCUT2D eigenvalue weighted by molar-refractivity contribution is 5.70. The third-order valence-electron chi connectivity index (χ3n) is 5.35. The number of hydrogen-bond donors (Lipinski definition) is 2. The molecular weight excluding hydrogens is 346 g/mol. The van der Waals surface area contributed by atoms with Gasteiger partial charge in [-0.3, -0.25) is 4.79 Å². The van der Waals surface area contributed by atoms with E-state index in [1.165, 1.54) is 83.5 Å². The van der Waals surface area contributed by atoms with Crippen LogP contribution in [-0.4, -0.2) is 17.6 Å². The first-order chi connectivity index (χ1) is 13.6. The Morgan fingerprint density at radius 1 is 0.786 bits per heavy atom. The van der Waals surface area contributed by atoms with Crippen LogP contribution in [0.25, 0.3) is 0 Å². The van der Waals surface area contributed by atoms with E-state index in [4.69, 9.17) is 5.11 Å². The fourth-order valence-electron chi connectivity index (χ4n) is 3.59. The molecule has 0 aliphatic heterocycles. The molecule has 3 nitrogen and oxygen atoms in total. The van der Waals surface area contributed by atoms with Crippen molar-refractivity contribution in [2.24, 2.45) is 5.92 Å². The summed E-state index contributed by atoms with van der Waals surface area (Å²) in [6, 6.07) is 7.73. The molecule has 0 spiro atoms.